The van der Waals surface area contributed by atoms with E-state index in [1.807, 2.05) is 13.0 Å². The van der Waals surface area contributed by atoms with Gasteiger partial charge >= 0.3 is 0 Å². The lowest BCUT2D eigenvalue weighted by Crippen LogP contribution is -2.37. The van der Waals surface area contributed by atoms with E-state index in [-0.39, 0.29) is 11.6 Å². The zero-order chi connectivity index (χ0) is 10.1. The van der Waals surface area contributed by atoms with Gasteiger partial charge in [-0.3, -0.25) is 0 Å². The Hall–Kier alpha value is -0.830. The minimum Gasteiger partial charge on any atom is -0.361 e. The normalized spacial score (nSPS) is 14.5. The SMILES string of the molecule is Cc1cc(C(C)NC(C)(C)C)no1. The molecule has 1 N–H and O–H groups in total. The molecule has 3 heteroatoms. The third-order valence-electron chi connectivity index (χ3n) is 1.74. The van der Waals surface area contributed by atoms with E-state index < -0.39 is 0 Å². The van der Waals surface area contributed by atoms with Crippen LogP contribution in [-0.4, -0.2) is 10.7 Å². The first-order valence-corrected chi connectivity index (χ1v) is 4.59. The molecule has 1 heterocycles. The molecule has 0 aliphatic rings. The number of rotatable bonds is 2. The summed E-state index contributed by atoms with van der Waals surface area (Å²) >= 11 is 0. The maximum atomic E-state index is 5.01. The molecule has 0 aromatic carbocycles. The van der Waals surface area contributed by atoms with Crippen LogP contribution in [0.25, 0.3) is 0 Å². The summed E-state index contributed by atoms with van der Waals surface area (Å²) in [6, 6.07) is 2.20. The van der Waals surface area contributed by atoms with Gasteiger partial charge in [-0.05, 0) is 34.6 Å². The molecule has 0 radical (unpaired) electrons. The van der Waals surface area contributed by atoms with Gasteiger partial charge in [0.05, 0.1) is 6.04 Å². The summed E-state index contributed by atoms with van der Waals surface area (Å²) in [7, 11) is 0. The molecular formula is C10H18N2O. The van der Waals surface area contributed by atoms with Crippen molar-refractivity contribution < 1.29 is 4.52 Å². The second kappa shape index (κ2) is 3.50. The molecule has 0 saturated heterocycles. The van der Waals surface area contributed by atoms with E-state index in [9.17, 15) is 0 Å². The van der Waals surface area contributed by atoms with E-state index in [1.54, 1.807) is 0 Å². The predicted molar refractivity (Wildman–Crippen MR) is 52.5 cm³/mol. The highest BCUT2D eigenvalue weighted by molar-refractivity contribution is 5.08. The van der Waals surface area contributed by atoms with Crippen LogP contribution >= 0.6 is 0 Å². The molecule has 0 saturated carbocycles. The highest BCUT2D eigenvalue weighted by Crippen LogP contribution is 2.15. The molecule has 1 aromatic rings. The van der Waals surface area contributed by atoms with Crippen LogP contribution in [-0.2, 0) is 0 Å². The molecule has 0 amide bonds. The van der Waals surface area contributed by atoms with Gasteiger partial charge in [-0.25, -0.2) is 0 Å². The zero-order valence-corrected chi connectivity index (χ0v) is 9.01. The summed E-state index contributed by atoms with van der Waals surface area (Å²) in [4.78, 5) is 0. The standard InChI is InChI=1S/C10H18N2O/c1-7-6-9(12-13-7)8(2)11-10(3,4)5/h6,8,11H,1-5H3. The van der Waals surface area contributed by atoms with Crippen molar-refractivity contribution in [1.29, 1.82) is 0 Å². The van der Waals surface area contributed by atoms with Gasteiger partial charge in [0.1, 0.15) is 11.5 Å². The van der Waals surface area contributed by atoms with E-state index in [4.69, 9.17) is 4.52 Å². The molecule has 1 aromatic heterocycles. The zero-order valence-electron chi connectivity index (χ0n) is 9.01. The number of nitrogens with one attached hydrogen (secondary N) is 1. The van der Waals surface area contributed by atoms with E-state index in [0.717, 1.165) is 11.5 Å². The van der Waals surface area contributed by atoms with Crippen molar-refractivity contribution in [3.05, 3.63) is 17.5 Å². The number of hydrogen-bond acceptors (Lipinski definition) is 3. The second-order valence-electron chi connectivity index (χ2n) is 4.48. The molecular weight excluding hydrogens is 164 g/mol. The lowest BCUT2D eigenvalue weighted by atomic mass is 10.1. The Morgan fingerprint density at radius 3 is 2.46 bits per heavy atom. The van der Waals surface area contributed by atoms with E-state index in [2.05, 4.69) is 38.2 Å². The van der Waals surface area contributed by atoms with Crippen molar-refractivity contribution in [2.24, 2.45) is 0 Å². The molecule has 0 aliphatic carbocycles. The van der Waals surface area contributed by atoms with Crippen LogP contribution in [0.2, 0.25) is 0 Å². The number of nitrogens with zero attached hydrogens (tertiary/aromatic N) is 1. The Kier molecular flexibility index (Phi) is 2.76. The van der Waals surface area contributed by atoms with Gasteiger partial charge in [0.2, 0.25) is 0 Å². The van der Waals surface area contributed by atoms with Crippen molar-refractivity contribution in [1.82, 2.24) is 10.5 Å². The Balaban J connectivity index is 2.64. The molecule has 74 valence electrons. The maximum Gasteiger partial charge on any atom is 0.133 e. The number of hydrogen-bond donors (Lipinski definition) is 1. The summed E-state index contributed by atoms with van der Waals surface area (Å²) < 4.78 is 5.01. The van der Waals surface area contributed by atoms with Gasteiger partial charge in [-0.1, -0.05) is 5.16 Å². The monoisotopic (exact) mass is 182 g/mol. The van der Waals surface area contributed by atoms with Crippen LogP contribution < -0.4 is 5.32 Å². The fourth-order valence-corrected chi connectivity index (χ4v) is 1.31. The molecule has 1 unspecified atom stereocenters. The summed E-state index contributed by atoms with van der Waals surface area (Å²) in [5, 5.41) is 7.39. The second-order valence-corrected chi connectivity index (χ2v) is 4.48. The van der Waals surface area contributed by atoms with E-state index in [0.29, 0.717) is 0 Å². The topological polar surface area (TPSA) is 38.1 Å². The summed E-state index contributed by atoms with van der Waals surface area (Å²) in [5.74, 6) is 0.859. The quantitative estimate of drug-likeness (QED) is 0.763. The van der Waals surface area contributed by atoms with Crippen LogP contribution in [0.3, 0.4) is 0 Å². The lowest BCUT2D eigenvalue weighted by molar-refractivity contribution is 0.347. The van der Waals surface area contributed by atoms with Crippen molar-refractivity contribution in [3.63, 3.8) is 0 Å². The van der Waals surface area contributed by atoms with E-state index in [1.165, 1.54) is 0 Å². The highest BCUT2D eigenvalue weighted by atomic mass is 16.5. The number of aromatic nitrogens is 1. The van der Waals surface area contributed by atoms with Gasteiger partial charge in [-0.15, -0.1) is 0 Å². The van der Waals surface area contributed by atoms with Crippen molar-refractivity contribution in [2.45, 2.75) is 46.2 Å². The van der Waals surface area contributed by atoms with E-state index >= 15 is 0 Å². The third-order valence-corrected chi connectivity index (χ3v) is 1.74. The van der Waals surface area contributed by atoms with Crippen LogP contribution in [0.15, 0.2) is 10.6 Å². The molecule has 0 aliphatic heterocycles. The molecule has 1 atom stereocenters. The van der Waals surface area contributed by atoms with Crippen LogP contribution in [0.1, 0.15) is 45.2 Å². The minimum absolute atomic E-state index is 0.103. The van der Waals surface area contributed by atoms with Gasteiger partial charge in [0.25, 0.3) is 0 Å². The Labute approximate surface area is 79.5 Å². The highest BCUT2D eigenvalue weighted by Gasteiger charge is 2.17. The van der Waals surface area contributed by atoms with Crippen molar-refractivity contribution in [2.75, 3.05) is 0 Å². The molecule has 1 rings (SSSR count). The van der Waals surface area contributed by atoms with Gasteiger partial charge in [0, 0.05) is 11.6 Å². The summed E-state index contributed by atoms with van der Waals surface area (Å²) in [6.45, 7) is 10.4. The van der Waals surface area contributed by atoms with Crippen LogP contribution in [0.4, 0.5) is 0 Å². The minimum atomic E-state index is 0.103. The first-order valence-electron chi connectivity index (χ1n) is 4.59. The Bertz CT molecular complexity index is 273. The molecule has 3 nitrogen and oxygen atoms in total. The first-order chi connectivity index (χ1) is 5.88. The predicted octanol–water partition coefficient (Wildman–Crippen LogP) is 2.43. The van der Waals surface area contributed by atoms with Crippen molar-refractivity contribution >= 4 is 0 Å². The molecule has 13 heavy (non-hydrogen) atoms. The fourth-order valence-electron chi connectivity index (χ4n) is 1.31. The summed E-state index contributed by atoms with van der Waals surface area (Å²) in [6.07, 6.45) is 0. The van der Waals surface area contributed by atoms with Crippen molar-refractivity contribution in [3.8, 4) is 0 Å². The smallest absolute Gasteiger partial charge is 0.133 e. The average molecular weight is 182 g/mol. The Morgan fingerprint density at radius 1 is 1.46 bits per heavy atom. The number of aryl methyl sites for hydroxylation is 1. The average Bonchev–Trinajstić information content (AvgIpc) is 2.31. The molecule has 0 bridgehead atoms. The van der Waals surface area contributed by atoms with Gasteiger partial charge in [-0.2, -0.15) is 0 Å². The van der Waals surface area contributed by atoms with Crippen LogP contribution in [0.5, 0.6) is 0 Å². The maximum absolute atomic E-state index is 5.01. The molecule has 0 spiro atoms. The fraction of sp³-hybridized carbons (Fsp3) is 0.700. The lowest BCUT2D eigenvalue weighted by Gasteiger charge is -2.24. The largest absolute Gasteiger partial charge is 0.361 e. The van der Waals surface area contributed by atoms with Gasteiger partial charge < -0.3 is 9.84 Å². The summed E-state index contributed by atoms with van der Waals surface area (Å²) in [5.41, 5.74) is 1.07. The third kappa shape index (κ3) is 3.19. The van der Waals surface area contributed by atoms with Gasteiger partial charge in [0.15, 0.2) is 0 Å². The van der Waals surface area contributed by atoms with Crippen LogP contribution in [0, 0.1) is 6.92 Å². The first kappa shape index (κ1) is 10.3. The Morgan fingerprint density at radius 2 is 2.08 bits per heavy atom. The molecule has 0 fully saturated rings.